The van der Waals surface area contributed by atoms with E-state index >= 15 is 0 Å². The average molecular weight is 316 g/mol. The van der Waals surface area contributed by atoms with E-state index in [1.165, 1.54) is 0 Å². The molecule has 1 aromatic carbocycles. The minimum Gasteiger partial charge on any atom is -0.369 e. The Labute approximate surface area is 138 Å². The van der Waals surface area contributed by atoms with Crippen LogP contribution in [0.1, 0.15) is 56.7 Å². The Morgan fingerprint density at radius 2 is 1.48 bits per heavy atom. The van der Waals surface area contributed by atoms with E-state index < -0.39 is 22.6 Å². The second kappa shape index (κ2) is 5.36. The molecule has 1 saturated carbocycles. The number of hydrogen-bond donors (Lipinski definition) is 2. The van der Waals surface area contributed by atoms with Crippen LogP contribution in [0, 0.1) is 24.7 Å². The first kappa shape index (κ1) is 17.5. The van der Waals surface area contributed by atoms with Crippen LogP contribution in [-0.4, -0.2) is 11.8 Å². The number of carbonyl (C=O) groups excluding carboxylic acids is 2. The monoisotopic (exact) mass is 316 g/mol. The average Bonchev–Trinajstić information content (AvgIpc) is 2.80. The molecular weight excluding hydrogens is 288 g/mol. The fourth-order valence-electron chi connectivity index (χ4n) is 5.05. The number of aryl methyl sites for hydroxylation is 2. The van der Waals surface area contributed by atoms with Crippen molar-refractivity contribution in [3.8, 4) is 0 Å². The van der Waals surface area contributed by atoms with Gasteiger partial charge < -0.3 is 11.5 Å². The van der Waals surface area contributed by atoms with Gasteiger partial charge in [0.05, 0.1) is 0 Å². The van der Waals surface area contributed by atoms with Crippen molar-refractivity contribution in [1.82, 2.24) is 0 Å². The smallest absolute Gasteiger partial charge is 0.234 e. The number of benzene rings is 1. The molecule has 2 amide bonds. The second-order valence-corrected chi connectivity index (χ2v) is 7.91. The van der Waals surface area contributed by atoms with Crippen molar-refractivity contribution in [1.29, 1.82) is 0 Å². The van der Waals surface area contributed by atoms with Crippen LogP contribution in [0.2, 0.25) is 0 Å². The molecule has 0 radical (unpaired) electrons. The highest BCUT2D eigenvalue weighted by Gasteiger charge is 2.68. The lowest BCUT2D eigenvalue weighted by Crippen LogP contribution is -2.62. The van der Waals surface area contributed by atoms with Gasteiger partial charge in [-0.25, -0.2) is 0 Å². The van der Waals surface area contributed by atoms with Gasteiger partial charge in [-0.3, -0.25) is 9.59 Å². The van der Waals surface area contributed by atoms with Crippen LogP contribution in [0.3, 0.4) is 0 Å². The van der Waals surface area contributed by atoms with E-state index in [0.717, 1.165) is 29.5 Å². The zero-order valence-corrected chi connectivity index (χ0v) is 14.8. The molecule has 0 aromatic heterocycles. The molecule has 4 N–H and O–H groups in total. The van der Waals surface area contributed by atoms with Gasteiger partial charge in [-0.05, 0) is 48.8 Å². The van der Waals surface area contributed by atoms with Crippen molar-refractivity contribution in [3.05, 3.63) is 34.9 Å². The summed E-state index contributed by atoms with van der Waals surface area (Å²) in [6.07, 6.45) is 1.91. The molecule has 2 rings (SSSR count). The molecule has 1 fully saturated rings. The van der Waals surface area contributed by atoms with E-state index in [9.17, 15) is 9.59 Å². The summed E-state index contributed by atoms with van der Waals surface area (Å²) in [6.45, 7) is 10.3. The van der Waals surface area contributed by atoms with E-state index in [1.807, 2.05) is 32.0 Å². The first-order chi connectivity index (χ1) is 10.5. The number of amides is 2. The van der Waals surface area contributed by atoms with Crippen LogP contribution in [0.25, 0.3) is 0 Å². The quantitative estimate of drug-likeness (QED) is 0.840. The molecule has 23 heavy (non-hydrogen) atoms. The van der Waals surface area contributed by atoms with Gasteiger partial charge in [0.2, 0.25) is 11.8 Å². The molecular formula is C19H28N2O2. The van der Waals surface area contributed by atoms with Crippen molar-refractivity contribution in [2.75, 3.05) is 0 Å². The Morgan fingerprint density at radius 1 is 1.00 bits per heavy atom. The van der Waals surface area contributed by atoms with Crippen molar-refractivity contribution in [3.63, 3.8) is 0 Å². The lowest BCUT2D eigenvalue weighted by Gasteiger charge is -2.52. The van der Waals surface area contributed by atoms with Crippen LogP contribution in [0.15, 0.2) is 18.2 Å². The Balaban J connectivity index is 2.97. The summed E-state index contributed by atoms with van der Waals surface area (Å²) in [7, 11) is 0. The summed E-state index contributed by atoms with van der Waals surface area (Å²) in [5, 5.41) is 0. The maximum atomic E-state index is 12.5. The van der Waals surface area contributed by atoms with Crippen LogP contribution >= 0.6 is 0 Å². The third kappa shape index (κ3) is 2.11. The molecule has 1 aromatic rings. The van der Waals surface area contributed by atoms with Gasteiger partial charge in [0, 0.05) is 5.41 Å². The zero-order chi connectivity index (χ0) is 17.6. The highest BCUT2D eigenvalue weighted by atomic mass is 16.2. The molecule has 1 atom stereocenters. The third-order valence-electron chi connectivity index (χ3n) is 5.86. The number of primary amides is 2. The molecule has 126 valence electrons. The molecule has 1 unspecified atom stereocenters. The van der Waals surface area contributed by atoms with Crippen LogP contribution < -0.4 is 11.5 Å². The highest BCUT2D eigenvalue weighted by molar-refractivity contribution is 6.06. The molecule has 0 heterocycles. The normalized spacial score (nSPS) is 23.7. The van der Waals surface area contributed by atoms with Crippen LogP contribution in [0.4, 0.5) is 0 Å². The van der Waals surface area contributed by atoms with Gasteiger partial charge >= 0.3 is 0 Å². The van der Waals surface area contributed by atoms with Crippen molar-refractivity contribution < 1.29 is 9.59 Å². The Kier molecular flexibility index (Phi) is 4.08. The fraction of sp³-hybridized carbons (Fsp3) is 0.579. The lowest BCUT2D eigenvalue weighted by atomic mass is 9.49. The summed E-state index contributed by atoms with van der Waals surface area (Å²) in [6, 6.07) is 6.05. The zero-order valence-electron chi connectivity index (χ0n) is 14.8. The highest BCUT2D eigenvalue weighted by Crippen LogP contribution is 2.63. The van der Waals surface area contributed by atoms with Crippen LogP contribution in [-0.2, 0) is 15.0 Å². The predicted octanol–water partition coefficient (Wildman–Crippen LogP) is 2.73. The van der Waals surface area contributed by atoms with Gasteiger partial charge in [0.1, 0.15) is 5.41 Å². The second-order valence-electron chi connectivity index (χ2n) is 7.91. The fourth-order valence-corrected chi connectivity index (χ4v) is 5.05. The predicted molar refractivity (Wildman–Crippen MR) is 91.7 cm³/mol. The first-order valence-corrected chi connectivity index (χ1v) is 8.19. The van der Waals surface area contributed by atoms with E-state index in [-0.39, 0.29) is 5.41 Å². The van der Waals surface area contributed by atoms with Crippen molar-refractivity contribution in [2.45, 2.75) is 59.3 Å². The Bertz CT molecular complexity index is 624. The number of nitrogens with two attached hydrogens (primary N) is 2. The minimum atomic E-state index is -1.35. The number of hydrogen-bond acceptors (Lipinski definition) is 2. The van der Waals surface area contributed by atoms with E-state index in [0.29, 0.717) is 6.42 Å². The maximum absolute atomic E-state index is 12.5. The first-order valence-electron chi connectivity index (χ1n) is 8.19. The number of carbonyl (C=O) groups is 2. The van der Waals surface area contributed by atoms with E-state index in [4.69, 9.17) is 11.5 Å². The molecule has 0 spiro atoms. The van der Waals surface area contributed by atoms with E-state index in [1.54, 1.807) is 0 Å². The molecule has 1 aliphatic carbocycles. The molecule has 0 bridgehead atoms. The lowest BCUT2D eigenvalue weighted by molar-refractivity contribution is -0.147. The molecule has 1 aliphatic rings. The summed E-state index contributed by atoms with van der Waals surface area (Å²) >= 11 is 0. The molecule has 0 saturated heterocycles. The van der Waals surface area contributed by atoms with Gasteiger partial charge in [0.15, 0.2) is 0 Å². The SMILES string of the molecule is Cc1cccc(C)c1C1(C(C)(C)C)CCCC1(C(N)=O)C(N)=O. The largest absolute Gasteiger partial charge is 0.369 e. The number of rotatable bonds is 3. The molecule has 4 nitrogen and oxygen atoms in total. The summed E-state index contributed by atoms with van der Waals surface area (Å²) in [5.74, 6) is -1.19. The van der Waals surface area contributed by atoms with E-state index in [2.05, 4.69) is 20.8 Å². The van der Waals surface area contributed by atoms with Gasteiger partial charge in [-0.2, -0.15) is 0 Å². The van der Waals surface area contributed by atoms with Gasteiger partial charge in [0.25, 0.3) is 0 Å². The van der Waals surface area contributed by atoms with Gasteiger partial charge in [-0.15, -0.1) is 0 Å². The van der Waals surface area contributed by atoms with Gasteiger partial charge in [-0.1, -0.05) is 45.4 Å². The third-order valence-corrected chi connectivity index (χ3v) is 5.86. The Morgan fingerprint density at radius 3 is 1.87 bits per heavy atom. The Hall–Kier alpha value is -1.84. The summed E-state index contributed by atoms with van der Waals surface area (Å²) < 4.78 is 0. The molecule has 0 aliphatic heterocycles. The van der Waals surface area contributed by atoms with Crippen molar-refractivity contribution >= 4 is 11.8 Å². The minimum absolute atomic E-state index is 0.343. The van der Waals surface area contributed by atoms with Crippen molar-refractivity contribution in [2.24, 2.45) is 22.3 Å². The maximum Gasteiger partial charge on any atom is 0.234 e. The summed E-state index contributed by atoms with van der Waals surface area (Å²) in [5.41, 5.74) is 12.4. The van der Waals surface area contributed by atoms with Crippen LogP contribution in [0.5, 0.6) is 0 Å². The topological polar surface area (TPSA) is 86.2 Å². The summed E-state index contributed by atoms with van der Waals surface area (Å²) in [4.78, 5) is 25.1. The molecule has 4 heteroatoms. The standard InChI is InChI=1S/C19H28N2O2/c1-12-8-6-9-13(2)14(12)19(17(3,4)5)11-7-10-18(19,15(20)22)16(21)23/h6,8-9H,7,10-11H2,1-5H3,(H2,20,22)(H2,21,23).